The number of esters is 1. The lowest BCUT2D eigenvalue weighted by Gasteiger charge is -1.90. The van der Waals surface area contributed by atoms with Crippen molar-refractivity contribution in [3.8, 4) is 0 Å². The van der Waals surface area contributed by atoms with E-state index in [0.717, 1.165) is 0 Å². The second-order valence-corrected chi connectivity index (χ2v) is 1.77. The second-order valence-electron chi connectivity index (χ2n) is 1.77. The van der Waals surface area contributed by atoms with Crippen molar-refractivity contribution in [2.75, 3.05) is 14.2 Å². The van der Waals surface area contributed by atoms with Crippen LogP contribution in [0.5, 0.6) is 0 Å². The van der Waals surface area contributed by atoms with Crippen LogP contribution in [0.3, 0.4) is 0 Å². The molecule has 0 amide bonds. The minimum absolute atomic E-state index is 0.243. The summed E-state index contributed by atoms with van der Waals surface area (Å²) in [6.45, 7) is 0. The van der Waals surface area contributed by atoms with Crippen LogP contribution < -0.4 is 0 Å². The molecule has 0 atom stereocenters. The predicted octanol–water partition coefficient (Wildman–Crippen LogP) is 1.27. The first-order chi connectivity index (χ1) is 5.31. The van der Waals surface area contributed by atoms with Crippen molar-refractivity contribution in [2.24, 2.45) is 0 Å². The van der Waals surface area contributed by atoms with Crippen LogP contribution in [0.15, 0.2) is 24.5 Å². The highest BCUT2D eigenvalue weighted by molar-refractivity contribution is 5.70. The second kappa shape index (κ2) is 6.86. The van der Waals surface area contributed by atoms with Crippen molar-refractivity contribution in [1.29, 1.82) is 0 Å². The zero-order valence-electron chi connectivity index (χ0n) is 6.74. The maximum atomic E-state index is 10.5. The van der Waals surface area contributed by atoms with Gasteiger partial charge in [0, 0.05) is 0 Å². The summed E-state index contributed by atoms with van der Waals surface area (Å²) in [5.41, 5.74) is 0. The van der Waals surface area contributed by atoms with E-state index in [4.69, 9.17) is 0 Å². The Morgan fingerprint density at radius 3 is 2.64 bits per heavy atom. The van der Waals surface area contributed by atoms with E-state index < -0.39 is 0 Å². The molecule has 3 nitrogen and oxygen atoms in total. The van der Waals surface area contributed by atoms with Crippen LogP contribution in [0, 0.1) is 0 Å². The maximum absolute atomic E-state index is 10.5. The van der Waals surface area contributed by atoms with Crippen LogP contribution in [0.25, 0.3) is 0 Å². The Labute approximate surface area is 66.3 Å². The number of hydrogen-bond acceptors (Lipinski definition) is 3. The van der Waals surface area contributed by atoms with Gasteiger partial charge in [-0.05, 0) is 6.08 Å². The van der Waals surface area contributed by atoms with Gasteiger partial charge < -0.3 is 9.47 Å². The Morgan fingerprint density at radius 1 is 1.36 bits per heavy atom. The van der Waals surface area contributed by atoms with E-state index in [1.54, 1.807) is 25.3 Å². The van der Waals surface area contributed by atoms with Crippen molar-refractivity contribution in [3.05, 3.63) is 24.5 Å². The van der Waals surface area contributed by atoms with E-state index in [9.17, 15) is 4.79 Å². The molecule has 0 fully saturated rings. The number of hydrogen-bond donors (Lipinski definition) is 0. The van der Waals surface area contributed by atoms with Crippen LogP contribution in [0.2, 0.25) is 0 Å². The highest BCUT2D eigenvalue weighted by Gasteiger charge is 1.91. The molecule has 62 valence electrons. The molecule has 0 aliphatic heterocycles. The van der Waals surface area contributed by atoms with E-state index in [2.05, 4.69) is 9.47 Å². The Hall–Kier alpha value is -1.25. The van der Waals surface area contributed by atoms with Gasteiger partial charge in [0.2, 0.25) is 0 Å². The number of allylic oxidation sites excluding steroid dienone is 2. The molecule has 0 aromatic rings. The molecule has 0 N–H and O–H groups in total. The molecule has 3 heteroatoms. The quantitative estimate of drug-likeness (QED) is 0.349. The molecular weight excluding hydrogens is 144 g/mol. The summed E-state index contributed by atoms with van der Waals surface area (Å²) in [4.78, 5) is 10.5. The highest BCUT2D eigenvalue weighted by Crippen LogP contribution is 1.87. The first-order valence-corrected chi connectivity index (χ1v) is 3.22. The normalized spacial score (nSPS) is 10.7. The van der Waals surface area contributed by atoms with Crippen molar-refractivity contribution in [3.63, 3.8) is 0 Å². The fourth-order valence-corrected chi connectivity index (χ4v) is 0.450. The van der Waals surface area contributed by atoms with Crippen LogP contribution in [-0.4, -0.2) is 20.2 Å². The number of rotatable bonds is 4. The van der Waals surface area contributed by atoms with Crippen LogP contribution in [0.4, 0.5) is 0 Å². The Kier molecular flexibility index (Phi) is 6.08. The summed E-state index contributed by atoms with van der Waals surface area (Å²) in [5.74, 6) is -0.243. The number of carbonyl (C=O) groups excluding carboxylic acids is 1. The average molecular weight is 156 g/mol. The summed E-state index contributed by atoms with van der Waals surface area (Å²) in [5, 5.41) is 0. The standard InChI is InChI=1S/C8H12O3/c1-10-7-5-3-4-6-8(9)11-2/h3-5,7H,6H2,1-2H3/b4-3+,7-5+. The van der Waals surface area contributed by atoms with Gasteiger partial charge in [-0.15, -0.1) is 0 Å². The molecule has 11 heavy (non-hydrogen) atoms. The van der Waals surface area contributed by atoms with Crippen LogP contribution in [0.1, 0.15) is 6.42 Å². The van der Waals surface area contributed by atoms with Gasteiger partial charge in [0.15, 0.2) is 0 Å². The van der Waals surface area contributed by atoms with Gasteiger partial charge >= 0.3 is 5.97 Å². The SMILES string of the molecule is CO/C=C/C=C/CC(=O)OC. The summed E-state index contributed by atoms with van der Waals surface area (Å²) in [6.07, 6.45) is 6.93. The summed E-state index contributed by atoms with van der Waals surface area (Å²) in [7, 11) is 2.92. The van der Waals surface area contributed by atoms with Crippen molar-refractivity contribution < 1.29 is 14.3 Å². The molecule has 0 aliphatic rings. The lowest BCUT2D eigenvalue weighted by Crippen LogP contribution is -1.96. The molecule has 0 unspecified atom stereocenters. The van der Waals surface area contributed by atoms with Gasteiger partial charge in [0.05, 0.1) is 26.9 Å². The zero-order chi connectivity index (χ0) is 8.53. The fourth-order valence-electron chi connectivity index (χ4n) is 0.450. The summed E-state index contributed by atoms with van der Waals surface area (Å²) < 4.78 is 9.04. The molecule has 0 saturated heterocycles. The lowest BCUT2D eigenvalue weighted by molar-refractivity contribution is -0.139. The molecule has 0 aromatic carbocycles. The monoisotopic (exact) mass is 156 g/mol. The van der Waals surface area contributed by atoms with Crippen LogP contribution in [-0.2, 0) is 14.3 Å². The first kappa shape index (κ1) is 9.75. The topological polar surface area (TPSA) is 35.5 Å². The van der Waals surface area contributed by atoms with Gasteiger partial charge in [-0.1, -0.05) is 12.2 Å². The van der Waals surface area contributed by atoms with Gasteiger partial charge in [0.1, 0.15) is 0 Å². The van der Waals surface area contributed by atoms with Gasteiger partial charge in [0.25, 0.3) is 0 Å². The number of carbonyl (C=O) groups is 1. The minimum atomic E-state index is -0.243. The summed E-state index contributed by atoms with van der Waals surface area (Å²) in [6, 6.07) is 0. The predicted molar refractivity (Wildman–Crippen MR) is 41.9 cm³/mol. The number of ether oxygens (including phenoxy) is 2. The van der Waals surface area contributed by atoms with E-state index in [-0.39, 0.29) is 5.97 Å². The Morgan fingerprint density at radius 2 is 2.09 bits per heavy atom. The molecule has 0 spiro atoms. The Bertz CT molecular complexity index is 159. The molecule has 0 heterocycles. The fraction of sp³-hybridized carbons (Fsp3) is 0.375. The zero-order valence-corrected chi connectivity index (χ0v) is 6.74. The van der Waals surface area contributed by atoms with E-state index in [0.29, 0.717) is 6.42 Å². The third-order valence-electron chi connectivity index (χ3n) is 0.974. The Balaban J connectivity index is 3.44. The third kappa shape index (κ3) is 6.64. The van der Waals surface area contributed by atoms with Crippen molar-refractivity contribution in [2.45, 2.75) is 6.42 Å². The first-order valence-electron chi connectivity index (χ1n) is 3.22. The molecule has 0 aromatic heterocycles. The molecule has 0 saturated carbocycles. The molecule has 0 bridgehead atoms. The van der Waals surface area contributed by atoms with E-state index in [1.807, 2.05) is 0 Å². The number of methoxy groups -OCH3 is 2. The minimum Gasteiger partial charge on any atom is -0.504 e. The van der Waals surface area contributed by atoms with Gasteiger partial charge in [-0.2, -0.15) is 0 Å². The van der Waals surface area contributed by atoms with Gasteiger partial charge in [-0.3, -0.25) is 4.79 Å². The van der Waals surface area contributed by atoms with Crippen molar-refractivity contribution in [1.82, 2.24) is 0 Å². The molecule has 0 rings (SSSR count). The largest absolute Gasteiger partial charge is 0.504 e. The van der Waals surface area contributed by atoms with Crippen LogP contribution >= 0.6 is 0 Å². The van der Waals surface area contributed by atoms with Gasteiger partial charge in [-0.25, -0.2) is 0 Å². The van der Waals surface area contributed by atoms with E-state index in [1.165, 1.54) is 13.4 Å². The van der Waals surface area contributed by atoms with Crippen molar-refractivity contribution >= 4 is 5.97 Å². The highest BCUT2D eigenvalue weighted by atomic mass is 16.5. The average Bonchev–Trinajstić information content (AvgIpc) is 2.04. The molecule has 0 aliphatic carbocycles. The molecule has 0 radical (unpaired) electrons. The maximum Gasteiger partial charge on any atom is 0.309 e. The molecular formula is C8H12O3. The summed E-state index contributed by atoms with van der Waals surface area (Å²) >= 11 is 0. The third-order valence-corrected chi connectivity index (χ3v) is 0.974. The lowest BCUT2D eigenvalue weighted by atomic mass is 10.4. The van der Waals surface area contributed by atoms with E-state index >= 15 is 0 Å². The smallest absolute Gasteiger partial charge is 0.309 e.